The molecule has 1 fully saturated rings. The minimum Gasteiger partial charge on any atom is -0.466 e. The summed E-state index contributed by atoms with van der Waals surface area (Å²) < 4.78 is 10.5. The first kappa shape index (κ1) is 32.1. The Morgan fingerprint density at radius 1 is 1.10 bits per heavy atom. The number of esters is 1. The maximum Gasteiger partial charge on any atom is 0.408 e. The van der Waals surface area contributed by atoms with Gasteiger partial charge in [-0.15, -0.1) is 0 Å². The molecule has 3 atom stereocenters. The zero-order valence-corrected chi connectivity index (χ0v) is 24.9. The molecule has 1 saturated carbocycles. The third-order valence-corrected chi connectivity index (χ3v) is 7.05. The van der Waals surface area contributed by atoms with Crippen molar-refractivity contribution in [2.24, 2.45) is 5.92 Å². The molecule has 39 heavy (non-hydrogen) atoms. The van der Waals surface area contributed by atoms with Crippen LogP contribution in [0.25, 0.3) is 0 Å². The van der Waals surface area contributed by atoms with Gasteiger partial charge in [-0.1, -0.05) is 44.0 Å². The molecule has 9 nitrogen and oxygen atoms in total. The van der Waals surface area contributed by atoms with Crippen LogP contribution < -0.4 is 10.6 Å². The number of rotatable bonds is 12. The molecule has 1 aliphatic carbocycles. The summed E-state index contributed by atoms with van der Waals surface area (Å²) in [5.74, 6) is -1.28. The number of benzene rings is 1. The number of hydrogen-bond acceptors (Lipinski definition) is 6. The average Bonchev–Trinajstić information content (AvgIpc) is 2.80. The number of alkyl carbamates (subject to hydrolysis) is 1. The van der Waals surface area contributed by atoms with Crippen LogP contribution in [0.1, 0.15) is 96.4 Å². The number of aryl methyl sites for hydroxylation is 2. The van der Waals surface area contributed by atoms with Crippen molar-refractivity contribution in [3.05, 3.63) is 34.9 Å². The Hall–Kier alpha value is -3.10. The summed E-state index contributed by atoms with van der Waals surface area (Å²) >= 11 is 0. The van der Waals surface area contributed by atoms with Gasteiger partial charge >= 0.3 is 12.1 Å². The van der Waals surface area contributed by atoms with E-state index in [1.54, 1.807) is 32.6 Å². The second-order valence-electron chi connectivity index (χ2n) is 11.4. The molecule has 1 aromatic rings. The number of carbonyl (C=O) groups excluding carboxylic acids is 4. The second kappa shape index (κ2) is 14.3. The number of ether oxygens (including phenoxy) is 2. The summed E-state index contributed by atoms with van der Waals surface area (Å²) in [6, 6.07) is 3.87. The van der Waals surface area contributed by atoms with E-state index < -0.39 is 29.7 Å². The fraction of sp³-hybridized carbons (Fsp3) is 0.667. The van der Waals surface area contributed by atoms with Gasteiger partial charge in [0.25, 0.3) is 0 Å². The molecule has 2 rings (SSSR count). The molecule has 0 heterocycles. The van der Waals surface area contributed by atoms with Crippen LogP contribution in [0.4, 0.5) is 4.79 Å². The highest BCUT2D eigenvalue weighted by Gasteiger charge is 2.43. The lowest BCUT2D eigenvalue weighted by Gasteiger charge is -2.44. The fourth-order valence-corrected chi connectivity index (χ4v) is 4.63. The van der Waals surface area contributed by atoms with Crippen molar-refractivity contribution in [1.29, 1.82) is 0 Å². The van der Waals surface area contributed by atoms with Gasteiger partial charge in [-0.2, -0.15) is 0 Å². The Labute approximate surface area is 233 Å². The van der Waals surface area contributed by atoms with Gasteiger partial charge in [0.2, 0.25) is 11.8 Å². The van der Waals surface area contributed by atoms with Crippen molar-refractivity contribution in [2.45, 2.75) is 111 Å². The van der Waals surface area contributed by atoms with Crippen LogP contribution in [0.3, 0.4) is 0 Å². The third-order valence-electron chi connectivity index (χ3n) is 7.05. The molecule has 3 unspecified atom stereocenters. The Morgan fingerprint density at radius 3 is 2.28 bits per heavy atom. The van der Waals surface area contributed by atoms with Crippen molar-refractivity contribution in [1.82, 2.24) is 15.5 Å². The van der Waals surface area contributed by atoms with Crippen LogP contribution >= 0.6 is 0 Å². The van der Waals surface area contributed by atoms with Crippen molar-refractivity contribution in [3.63, 3.8) is 0 Å². The number of amides is 3. The van der Waals surface area contributed by atoms with E-state index in [4.69, 9.17) is 9.47 Å². The largest absolute Gasteiger partial charge is 0.466 e. The van der Waals surface area contributed by atoms with Crippen LogP contribution in [0.2, 0.25) is 0 Å². The topological polar surface area (TPSA) is 114 Å². The maximum atomic E-state index is 14.3. The summed E-state index contributed by atoms with van der Waals surface area (Å²) in [7, 11) is 0. The summed E-state index contributed by atoms with van der Waals surface area (Å²) in [5, 5.41) is 5.66. The van der Waals surface area contributed by atoms with Gasteiger partial charge in [-0.25, -0.2) is 4.79 Å². The van der Waals surface area contributed by atoms with E-state index in [-0.39, 0.29) is 43.3 Å². The van der Waals surface area contributed by atoms with Gasteiger partial charge in [-0.3, -0.25) is 14.4 Å². The van der Waals surface area contributed by atoms with E-state index in [2.05, 4.69) is 10.6 Å². The molecule has 0 saturated heterocycles. The summed E-state index contributed by atoms with van der Waals surface area (Å²) in [5.41, 5.74) is 1.93. The molecule has 9 heteroatoms. The number of carbonyl (C=O) groups is 4. The lowest BCUT2D eigenvalue weighted by atomic mass is 9.86. The van der Waals surface area contributed by atoms with E-state index in [1.165, 1.54) is 0 Å². The third kappa shape index (κ3) is 9.25. The van der Waals surface area contributed by atoms with Gasteiger partial charge in [0, 0.05) is 12.6 Å². The molecular formula is C30H47N3O6. The van der Waals surface area contributed by atoms with Gasteiger partial charge < -0.3 is 25.0 Å². The van der Waals surface area contributed by atoms with E-state index in [0.717, 1.165) is 36.0 Å². The van der Waals surface area contributed by atoms with Gasteiger partial charge in [0.15, 0.2) is 0 Å². The molecule has 0 spiro atoms. The van der Waals surface area contributed by atoms with E-state index in [1.807, 2.05) is 45.9 Å². The van der Waals surface area contributed by atoms with Crippen LogP contribution in [-0.2, 0) is 23.9 Å². The Bertz CT molecular complexity index is 1010. The van der Waals surface area contributed by atoms with Crippen molar-refractivity contribution in [2.75, 3.05) is 13.2 Å². The van der Waals surface area contributed by atoms with Crippen molar-refractivity contribution < 1.29 is 28.7 Å². The lowest BCUT2D eigenvalue weighted by molar-refractivity contribution is -0.149. The molecule has 0 bridgehead atoms. The predicted molar refractivity (Wildman–Crippen MR) is 150 cm³/mol. The van der Waals surface area contributed by atoms with Gasteiger partial charge in [-0.05, 0) is 77.8 Å². The first-order chi connectivity index (χ1) is 18.3. The molecular weight excluding hydrogens is 498 g/mol. The Balaban J connectivity index is 2.48. The van der Waals surface area contributed by atoms with Gasteiger partial charge in [0.05, 0.1) is 13.0 Å². The fourth-order valence-electron chi connectivity index (χ4n) is 4.63. The van der Waals surface area contributed by atoms with Crippen LogP contribution in [-0.4, -0.2) is 59.6 Å². The number of nitrogens with one attached hydrogen (secondary N) is 2. The van der Waals surface area contributed by atoms with E-state index in [9.17, 15) is 19.2 Å². The monoisotopic (exact) mass is 545 g/mol. The zero-order valence-electron chi connectivity index (χ0n) is 24.9. The van der Waals surface area contributed by atoms with Crippen LogP contribution in [0, 0.1) is 19.8 Å². The van der Waals surface area contributed by atoms with Gasteiger partial charge in [0.1, 0.15) is 17.7 Å². The highest BCUT2D eigenvalue weighted by molar-refractivity contribution is 5.93. The molecule has 3 amide bonds. The molecule has 218 valence electrons. The first-order valence-electron chi connectivity index (χ1n) is 14.1. The first-order valence-corrected chi connectivity index (χ1v) is 14.1. The Morgan fingerprint density at radius 2 is 1.77 bits per heavy atom. The average molecular weight is 546 g/mol. The molecule has 2 N–H and O–H groups in total. The minimum atomic E-state index is -0.919. The number of hydrogen-bond donors (Lipinski definition) is 2. The van der Waals surface area contributed by atoms with E-state index >= 15 is 0 Å². The summed E-state index contributed by atoms with van der Waals surface area (Å²) in [6.07, 6.45) is 2.49. The van der Waals surface area contributed by atoms with Crippen molar-refractivity contribution >= 4 is 23.9 Å². The standard InChI is InChI=1S/C30H47N3O6/c1-9-20(4)25(32-29(37)39-30(6,7)8)28(36)33(22-12-11-13-22)26(23-15-14-19(3)18-21(23)5)27(35)31-17-16-24(34)38-10-2/h14-15,18,20,22,25-26H,9-13,16-17H2,1-8H3,(H,31,35)(H,32,37). The van der Waals surface area contributed by atoms with Crippen LogP contribution in [0.15, 0.2) is 18.2 Å². The maximum absolute atomic E-state index is 14.3. The normalized spacial score (nSPS) is 15.8. The molecule has 1 aromatic carbocycles. The highest BCUT2D eigenvalue weighted by atomic mass is 16.6. The SMILES string of the molecule is CCOC(=O)CCNC(=O)C(c1ccc(C)cc1C)N(C(=O)C(NC(=O)OC(C)(C)C)C(C)CC)C1CCC1. The van der Waals surface area contributed by atoms with Crippen molar-refractivity contribution in [3.8, 4) is 0 Å². The van der Waals surface area contributed by atoms with E-state index in [0.29, 0.717) is 6.42 Å². The molecule has 0 aromatic heterocycles. The number of nitrogens with zero attached hydrogens (tertiary/aromatic N) is 1. The molecule has 1 aliphatic rings. The molecule has 0 radical (unpaired) electrons. The Kier molecular flexibility index (Phi) is 11.8. The quantitative estimate of drug-likeness (QED) is 0.367. The predicted octanol–water partition coefficient (Wildman–Crippen LogP) is 4.73. The molecule has 0 aliphatic heterocycles. The lowest BCUT2D eigenvalue weighted by Crippen LogP contribution is -2.59. The highest BCUT2D eigenvalue weighted by Crippen LogP contribution is 2.35. The van der Waals surface area contributed by atoms with Crippen LogP contribution in [0.5, 0.6) is 0 Å². The second-order valence-corrected chi connectivity index (χ2v) is 11.4. The smallest absolute Gasteiger partial charge is 0.408 e. The summed E-state index contributed by atoms with van der Waals surface area (Å²) in [4.78, 5) is 54.5. The summed E-state index contributed by atoms with van der Waals surface area (Å²) in [6.45, 7) is 15.2. The zero-order chi connectivity index (χ0) is 29.3. The minimum absolute atomic E-state index is 0.0340.